The van der Waals surface area contributed by atoms with Gasteiger partial charge in [-0.3, -0.25) is 14.5 Å². The zero-order valence-corrected chi connectivity index (χ0v) is 15.2. The normalized spacial score (nSPS) is 16.7. The number of aryl methyl sites for hydroxylation is 1. The number of benzene rings is 1. The molecule has 0 radical (unpaired) electrons. The molecule has 5 heteroatoms. The molecular formula is C19H29N3O2. The molecule has 1 saturated heterocycles. The van der Waals surface area contributed by atoms with E-state index in [0.717, 1.165) is 37.2 Å². The van der Waals surface area contributed by atoms with E-state index < -0.39 is 0 Å². The fourth-order valence-electron chi connectivity index (χ4n) is 3.38. The average Bonchev–Trinajstić information content (AvgIpc) is 2.56. The minimum atomic E-state index is -0.121. The molecule has 0 saturated carbocycles. The second-order valence-corrected chi connectivity index (χ2v) is 6.88. The van der Waals surface area contributed by atoms with Crippen LogP contribution < -0.4 is 10.6 Å². The third-order valence-corrected chi connectivity index (χ3v) is 4.66. The van der Waals surface area contributed by atoms with Crippen LogP contribution >= 0.6 is 0 Å². The molecule has 0 aromatic heterocycles. The Morgan fingerprint density at radius 1 is 1.12 bits per heavy atom. The van der Waals surface area contributed by atoms with E-state index in [1.807, 2.05) is 13.0 Å². The first-order chi connectivity index (χ1) is 11.4. The summed E-state index contributed by atoms with van der Waals surface area (Å²) in [4.78, 5) is 26.8. The second kappa shape index (κ2) is 8.29. The summed E-state index contributed by atoms with van der Waals surface area (Å²) in [6.45, 7) is 8.09. The van der Waals surface area contributed by atoms with Crippen LogP contribution in [0.4, 0.5) is 5.69 Å². The molecule has 5 nitrogen and oxygen atoms in total. The van der Waals surface area contributed by atoms with E-state index in [0.29, 0.717) is 5.56 Å². The largest absolute Gasteiger partial charge is 0.355 e. The highest BCUT2D eigenvalue weighted by atomic mass is 16.2. The predicted molar refractivity (Wildman–Crippen MR) is 97.2 cm³/mol. The maximum Gasteiger partial charge on any atom is 0.251 e. The Balaban J connectivity index is 2.13. The van der Waals surface area contributed by atoms with Gasteiger partial charge in [0.1, 0.15) is 0 Å². The molecule has 1 heterocycles. The maximum atomic E-state index is 12.8. The zero-order valence-electron chi connectivity index (χ0n) is 15.2. The molecule has 132 valence electrons. The third-order valence-electron chi connectivity index (χ3n) is 4.66. The standard InChI is InChI=1S/C19H29N3O2/c1-13(2)17(22-10-6-5-7-11-22)19(24)21-16-9-8-15(12-14(16)3)18(23)20-4/h8-9,12-13,17H,5-7,10-11H2,1-4H3,(H,20,23)(H,21,24). The average molecular weight is 331 g/mol. The van der Waals surface area contributed by atoms with Gasteiger partial charge in [0.05, 0.1) is 6.04 Å². The number of hydrogen-bond acceptors (Lipinski definition) is 3. The van der Waals surface area contributed by atoms with E-state index in [9.17, 15) is 9.59 Å². The second-order valence-electron chi connectivity index (χ2n) is 6.88. The van der Waals surface area contributed by atoms with Crippen molar-refractivity contribution in [3.8, 4) is 0 Å². The van der Waals surface area contributed by atoms with E-state index in [1.165, 1.54) is 6.42 Å². The van der Waals surface area contributed by atoms with Crippen molar-refractivity contribution in [3.05, 3.63) is 29.3 Å². The van der Waals surface area contributed by atoms with Crippen molar-refractivity contribution in [1.82, 2.24) is 10.2 Å². The van der Waals surface area contributed by atoms with Crippen molar-refractivity contribution in [1.29, 1.82) is 0 Å². The van der Waals surface area contributed by atoms with Crippen LogP contribution in [-0.2, 0) is 4.79 Å². The first kappa shape index (κ1) is 18.5. The number of carbonyl (C=O) groups is 2. The van der Waals surface area contributed by atoms with Gasteiger partial charge >= 0.3 is 0 Å². The van der Waals surface area contributed by atoms with Crippen LogP contribution in [0.1, 0.15) is 49.0 Å². The van der Waals surface area contributed by atoms with E-state index in [4.69, 9.17) is 0 Å². The molecular weight excluding hydrogens is 302 g/mol. The van der Waals surface area contributed by atoms with Gasteiger partial charge in [-0.15, -0.1) is 0 Å². The smallest absolute Gasteiger partial charge is 0.251 e. The van der Waals surface area contributed by atoms with Crippen molar-refractivity contribution in [2.45, 2.75) is 46.1 Å². The van der Waals surface area contributed by atoms with Crippen molar-refractivity contribution in [2.75, 3.05) is 25.5 Å². The van der Waals surface area contributed by atoms with E-state index >= 15 is 0 Å². The van der Waals surface area contributed by atoms with Gasteiger partial charge in [0.25, 0.3) is 5.91 Å². The molecule has 1 unspecified atom stereocenters. The minimum Gasteiger partial charge on any atom is -0.355 e. The Hall–Kier alpha value is -1.88. The van der Waals surface area contributed by atoms with E-state index in [-0.39, 0.29) is 23.8 Å². The summed E-state index contributed by atoms with van der Waals surface area (Å²) in [5, 5.41) is 5.67. The zero-order chi connectivity index (χ0) is 17.7. The van der Waals surface area contributed by atoms with Crippen molar-refractivity contribution < 1.29 is 9.59 Å². The fourth-order valence-corrected chi connectivity index (χ4v) is 3.38. The number of carbonyl (C=O) groups excluding carboxylic acids is 2. The number of anilines is 1. The van der Waals surface area contributed by atoms with Crippen LogP contribution in [0.3, 0.4) is 0 Å². The molecule has 0 bridgehead atoms. The number of rotatable bonds is 5. The molecule has 1 aliphatic rings. The third kappa shape index (κ3) is 4.35. The Morgan fingerprint density at radius 2 is 1.79 bits per heavy atom. The monoisotopic (exact) mass is 331 g/mol. The van der Waals surface area contributed by atoms with Gasteiger partial charge in [0.2, 0.25) is 5.91 Å². The summed E-state index contributed by atoms with van der Waals surface area (Å²) < 4.78 is 0. The summed E-state index contributed by atoms with van der Waals surface area (Å²) in [6, 6.07) is 5.25. The highest BCUT2D eigenvalue weighted by Gasteiger charge is 2.30. The molecule has 2 N–H and O–H groups in total. The van der Waals surface area contributed by atoms with Gasteiger partial charge in [0, 0.05) is 18.3 Å². The Bertz CT molecular complexity index is 592. The van der Waals surface area contributed by atoms with Gasteiger partial charge in [-0.05, 0) is 62.5 Å². The molecule has 2 rings (SSSR count). The Kier molecular flexibility index (Phi) is 6.37. The maximum absolute atomic E-state index is 12.8. The Labute approximate surface area is 144 Å². The molecule has 0 aliphatic carbocycles. The highest BCUT2D eigenvalue weighted by molar-refractivity contribution is 5.98. The quantitative estimate of drug-likeness (QED) is 0.872. The summed E-state index contributed by atoms with van der Waals surface area (Å²) in [5.41, 5.74) is 2.27. The number of likely N-dealkylation sites (tertiary alicyclic amines) is 1. The van der Waals surface area contributed by atoms with Gasteiger partial charge < -0.3 is 10.6 Å². The lowest BCUT2D eigenvalue weighted by atomic mass is 9.98. The summed E-state index contributed by atoms with van der Waals surface area (Å²) in [7, 11) is 1.61. The predicted octanol–water partition coefficient (Wildman–Crippen LogP) is 2.80. The van der Waals surface area contributed by atoms with Crippen LogP contribution in [0, 0.1) is 12.8 Å². The SMILES string of the molecule is CNC(=O)c1ccc(NC(=O)C(C(C)C)N2CCCCC2)c(C)c1. The highest BCUT2D eigenvalue weighted by Crippen LogP contribution is 2.21. The molecule has 1 atom stereocenters. The molecule has 0 spiro atoms. The van der Waals surface area contributed by atoms with Gasteiger partial charge in [-0.2, -0.15) is 0 Å². The topological polar surface area (TPSA) is 61.4 Å². The number of nitrogens with zero attached hydrogens (tertiary/aromatic N) is 1. The minimum absolute atomic E-state index is 0.0442. The van der Waals surface area contributed by atoms with Gasteiger partial charge in [0.15, 0.2) is 0 Å². The van der Waals surface area contributed by atoms with Crippen LogP contribution in [0.2, 0.25) is 0 Å². The number of hydrogen-bond donors (Lipinski definition) is 2. The van der Waals surface area contributed by atoms with Crippen LogP contribution in [0.15, 0.2) is 18.2 Å². The van der Waals surface area contributed by atoms with Gasteiger partial charge in [-0.1, -0.05) is 20.3 Å². The Morgan fingerprint density at radius 3 is 2.33 bits per heavy atom. The number of nitrogens with one attached hydrogen (secondary N) is 2. The number of piperidine rings is 1. The molecule has 1 aliphatic heterocycles. The van der Waals surface area contributed by atoms with Crippen molar-refractivity contribution in [3.63, 3.8) is 0 Å². The van der Waals surface area contributed by atoms with E-state index in [2.05, 4.69) is 29.4 Å². The first-order valence-electron chi connectivity index (χ1n) is 8.81. The first-order valence-corrected chi connectivity index (χ1v) is 8.81. The van der Waals surface area contributed by atoms with Crippen LogP contribution in [0.5, 0.6) is 0 Å². The summed E-state index contributed by atoms with van der Waals surface area (Å²) >= 11 is 0. The van der Waals surface area contributed by atoms with Crippen LogP contribution in [0.25, 0.3) is 0 Å². The lowest BCUT2D eigenvalue weighted by molar-refractivity contribution is -0.123. The molecule has 1 fully saturated rings. The van der Waals surface area contributed by atoms with Crippen molar-refractivity contribution >= 4 is 17.5 Å². The summed E-state index contributed by atoms with van der Waals surface area (Å²) in [5.74, 6) is 0.181. The lowest BCUT2D eigenvalue weighted by Gasteiger charge is -2.36. The molecule has 24 heavy (non-hydrogen) atoms. The lowest BCUT2D eigenvalue weighted by Crippen LogP contribution is -2.49. The molecule has 1 aromatic carbocycles. The summed E-state index contributed by atoms with van der Waals surface area (Å²) in [6.07, 6.45) is 3.58. The fraction of sp³-hybridized carbons (Fsp3) is 0.579. The van der Waals surface area contributed by atoms with Crippen molar-refractivity contribution in [2.24, 2.45) is 5.92 Å². The van der Waals surface area contributed by atoms with Crippen LogP contribution in [-0.4, -0.2) is 42.9 Å². The van der Waals surface area contributed by atoms with Gasteiger partial charge in [-0.25, -0.2) is 0 Å². The van der Waals surface area contributed by atoms with E-state index in [1.54, 1.807) is 19.2 Å². The number of amides is 2. The molecule has 2 amide bonds. The molecule has 1 aromatic rings.